The van der Waals surface area contributed by atoms with Gasteiger partial charge in [-0.1, -0.05) is 12.1 Å². The minimum Gasteiger partial charge on any atom is -0.458 e. The fourth-order valence-corrected chi connectivity index (χ4v) is 2.37. The predicted molar refractivity (Wildman–Crippen MR) is 75.9 cm³/mol. The first-order chi connectivity index (χ1) is 9.06. The highest BCUT2D eigenvalue weighted by Crippen LogP contribution is 2.20. The fourth-order valence-electron chi connectivity index (χ4n) is 1.69. The highest BCUT2D eigenvalue weighted by atomic mass is 32.1. The topological polar surface area (TPSA) is 65.2 Å². The molecule has 2 aromatic rings. The lowest BCUT2D eigenvalue weighted by atomic mass is 10.0. The van der Waals surface area contributed by atoms with E-state index in [4.69, 9.17) is 10.5 Å². The standard InChI is InChI=1S/C14H16N2O2S/c1-9-8-19-13(16-9)7-18-14(17)10(2)11-4-3-5-12(15)6-11/h3-6,8,10H,7,15H2,1-2H3. The number of thiazole rings is 1. The Kier molecular flexibility index (Phi) is 4.16. The molecule has 1 heterocycles. The van der Waals surface area contributed by atoms with Gasteiger partial charge in [0.2, 0.25) is 0 Å². The Bertz CT molecular complexity index is 580. The van der Waals surface area contributed by atoms with Gasteiger partial charge in [-0.15, -0.1) is 11.3 Å². The molecule has 0 saturated carbocycles. The highest BCUT2D eigenvalue weighted by Gasteiger charge is 2.17. The van der Waals surface area contributed by atoms with E-state index in [-0.39, 0.29) is 18.5 Å². The zero-order valence-corrected chi connectivity index (χ0v) is 11.7. The molecule has 0 aliphatic carbocycles. The molecule has 5 heteroatoms. The summed E-state index contributed by atoms with van der Waals surface area (Å²) in [6.07, 6.45) is 0. The van der Waals surface area contributed by atoms with Gasteiger partial charge in [0, 0.05) is 16.8 Å². The van der Waals surface area contributed by atoms with Crippen molar-refractivity contribution >= 4 is 23.0 Å². The summed E-state index contributed by atoms with van der Waals surface area (Å²) in [6.45, 7) is 3.95. The summed E-state index contributed by atoms with van der Waals surface area (Å²) in [5.41, 5.74) is 8.16. The van der Waals surface area contributed by atoms with Gasteiger partial charge in [-0.05, 0) is 31.5 Å². The van der Waals surface area contributed by atoms with Crippen molar-refractivity contribution in [1.29, 1.82) is 0 Å². The molecule has 0 spiro atoms. The molecule has 0 amide bonds. The van der Waals surface area contributed by atoms with Gasteiger partial charge in [0.05, 0.1) is 5.92 Å². The van der Waals surface area contributed by atoms with Crippen molar-refractivity contribution < 1.29 is 9.53 Å². The number of hydrogen-bond acceptors (Lipinski definition) is 5. The second-order valence-electron chi connectivity index (χ2n) is 4.38. The minimum absolute atomic E-state index is 0.226. The van der Waals surface area contributed by atoms with Crippen LogP contribution in [0.15, 0.2) is 29.6 Å². The number of benzene rings is 1. The number of esters is 1. The van der Waals surface area contributed by atoms with E-state index in [2.05, 4.69) is 4.98 Å². The summed E-state index contributed by atoms with van der Waals surface area (Å²) in [4.78, 5) is 16.2. The van der Waals surface area contributed by atoms with Crippen LogP contribution in [0.2, 0.25) is 0 Å². The normalized spacial score (nSPS) is 12.1. The van der Waals surface area contributed by atoms with Crippen molar-refractivity contribution in [2.75, 3.05) is 5.73 Å². The van der Waals surface area contributed by atoms with E-state index in [1.807, 2.05) is 31.4 Å². The van der Waals surface area contributed by atoms with Gasteiger partial charge in [-0.2, -0.15) is 0 Å². The highest BCUT2D eigenvalue weighted by molar-refractivity contribution is 7.09. The maximum Gasteiger partial charge on any atom is 0.313 e. The number of carbonyl (C=O) groups excluding carboxylic acids is 1. The number of aryl methyl sites for hydroxylation is 1. The van der Waals surface area contributed by atoms with Gasteiger partial charge in [0.15, 0.2) is 0 Å². The van der Waals surface area contributed by atoms with Crippen LogP contribution in [-0.4, -0.2) is 11.0 Å². The number of anilines is 1. The maximum atomic E-state index is 11.9. The summed E-state index contributed by atoms with van der Waals surface area (Å²) in [5.74, 6) is -0.594. The molecule has 1 atom stereocenters. The summed E-state index contributed by atoms with van der Waals surface area (Å²) in [6, 6.07) is 7.29. The number of nitrogen functional groups attached to an aromatic ring is 1. The fraction of sp³-hybridized carbons (Fsp3) is 0.286. The van der Waals surface area contributed by atoms with Gasteiger partial charge >= 0.3 is 5.97 Å². The van der Waals surface area contributed by atoms with E-state index in [9.17, 15) is 4.79 Å². The molecule has 0 saturated heterocycles. The van der Waals surface area contributed by atoms with Crippen molar-refractivity contribution in [1.82, 2.24) is 4.98 Å². The number of aromatic nitrogens is 1. The Morgan fingerprint density at radius 3 is 2.95 bits per heavy atom. The Morgan fingerprint density at radius 2 is 2.32 bits per heavy atom. The molecule has 1 aromatic carbocycles. The zero-order valence-electron chi connectivity index (χ0n) is 10.9. The molecule has 100 valence electrons. The molecule has 0 aliphatic rings. The number of rotatable bonds is 4. The first kappa shape index (κ1) is 13.5. The lowest BCUT2D eigenvalue weighted by Crippen LogP contribution is -2.13. The van der Waals surface area contributed by atoms with Crippen LogP contribution in [0.3, 0.4) is 0 Å². The Morgan fingerprint density at radius 1 is 1.53 bits per heavy atom. The molecule has 19 heavy (non-hydrogen) atoms. The van der Waals surface area contributed by atoms with Crippen LogP contribution in [0, 0.1) is 6.92 Å². The lowest BCUT2D eigenvalue weighted by molar-refractivity contribution is -0.146. The van der Waals surface area contributed by atoms with E-state index in [0.29, 0.717) is 5.69 Å². The molecule has 4 nitrogen and oxygen atoms in total. The van der Waals surface area contributed by atoms with Crippen molar-refractivity contribution in [3.05, 3.63) is 45.9 Å². The number of nitrogens with two attached hydrogens (primary N) is 1. The molecular weight excluding hydrogens is 260 g/mol. The monoisotopic (exact) mass is 276 g/mol. The van der Waals surface area contributed by atoms with Crippen molar-refractivity contribution in [2.45, 2.75) is 26.4 Å². The van der Waals surface area contributed by atoms with Gasteiger partial charge < -0.3 is 10.5 Å². The van der Waals surface area contributed by atoms with Gasteiger partial charge in [0.25, 0.3) is 0 Å². The first-order valence-electron chi connectivity index (χ1n) is 5.99. The van der Waals surface area contributed by atoms with Crippen LogP contribution in [0.1, 0.15) is 29.1 Å². The van der Waals surface area contributed by atoms with Crippen LogP contribution in [-0.2, 0) is 16.1 Å². The number of ether oxygens (including phenoxy) is 1. The second kappa shape index (κ2) is 5.84. The van der Waals surface area contributed by atoms with Crippen molar-refractivity contribution in [3.8, 4) is 0 Å². The van der Waals surface area contributed by atoms with Crippen LogP contribution in [0.25, 0.3) is 0 Å². The summed E-state index contributed by atoms with van der Waals surface area (Å²) < 4.78 is 5.27. The molecule has 2 rings (SSSR count). The average Bonchev–Trinajstić information content (AvgIpc) is 2.81. The lowest BCUT2D eigenvalue weighted by Gasteiger charge is -2.11. The largest absolute Gasteiger partial charge is 0.458 e. The van der Waals surface area contributed by atoms with E-state index >= 15 is 0 Å². The molecule has 1 aromatic heterocycles. The predicted octanol–water partition coefficient (Wildman–Crippen LogP) is 2.88. The number of nitrogens with zero attached hydrogens (tertiary/aromatic N) is 1. The third kappa shape index (κ3) is 3.54. The quantitative estimate of drug-likeness (QED) is 0.689. The zero-order chi connectivity index (χ0) is 13.8. The molecule has 0 fully saturated rings. The summed E-state index contributed by atoms with van der Waals surface area (Å²) in [7, 11) is 0. The van der Waals surface area contributed by atoms with E-state index in [1.54, 1.807) is 12.1 Å². The van der Waals surface area contributed by atoms with Crippen molar-refractivity contribution in [2.24, 2.45) is 0 Å². The molecule has 1 unspecified atom stereocenters. The third-order valence-corrected chi connectivity index (χ3v) is 3.71. The SMILES string of the molecule is Cc1csc(COC(=O)C(C)c2cccc(N)c2)n1. The van der Waals surface area contributed by atoms with E-state index in [0.717, 1.165) is 16.3 Å². The summed E-state index contributed by atoms with van der Waals surface area (Å²) in [5, 5.41) is 2.75. The van der Waals surface area contributed by atoms with Gasteiger partial charge in [-0.3, -0.25) is 4.79 Å². The average molecular weight is 276 g/mol. The number of hydrogen-bond donors (Lipinski definition) is 1. The van der Waals surface area contributed by atoms with E-state index < -0.39 is 0 Å². The first-order valence-corrected chi connectivity index (χ1v) is 6.87. The smallest absolute Gasteiger partial charge is 0.313 e. The molecular formula is C14H16N2O2S. The van der Waals surface area contributed by atoms with Gasteiger partial charge in [-0.25, -0.2) is 4.98 Å². The van der Waals surface area contributed by atoms with Crippen LogP contribution in [0.5, 0.6) is 0 Å². The van der Waals surface area contributed by atoms with Crippen LogP contribution >= 0.6 is 11.3 Å². The summed E-state index contributed by atoms with van der Waals surface area (Å²) >= 11 is 1.49. The van der Waals surface area contributed by atoms with Crippen LogP contribution < -0.4 is 5.73 Å². The Balaban J connectivity index is 1.96. The number of carbonyl (C=O) groups is 1. The molecule has 0 bridgehead atoms. The molecule has 2 N–H and O–H groups in total. The maximum absolute atomic E-state index is 11.9. The minimum atomic E-state index is -0.329. The van der Waals surface area contributed by atoms with Gasteiger partial charge in [0.1, 0.15) is 11.6 Å². The Labute approximate surface area is 116 Å². The second-order valence-corrected chi connectivity index (χ2v) is 5.32. The molecule has 0 aliphatic heterocycles. The third-order valence-electron chi connectivity index (χ3n) is 2.77. The Hall–Kier alpha value is -1.88. The van der Waals surface area contributed by atoms with Crippen LogP contribution in [0.4, 0.5) is 5.69 Å². The molecule has 0 radical (unpaired) electrons. The van der Waals surface area contributed by atoms with E-state index in [1.165, 1.54) is 11.3 Å². The van der Waals surface area contributed by atoms with Crippen molar-refractivity contribution in [3.63, 3.8) is 0 Å².